The van der Waals surface area contributed by atoms with Crippen molar-refractivity contribution in [2.75, 3.05) is 0 Å². The fraction of sp³-hybridized carbons (Fsp3) is 0.957. The van der Waals surface area contributed by atoms with Crippen molar-refractivity contribution in [2.45, 2.75) is 104 Å². The van der Waals surface area contributed by atoms with Crippen molar-refractivity contribution < 1.29 is 29.2 Å². The molecule has 29 heavy (non-hydrogen) atoms. The van der Waals surface area contributed by atoms with Gasteiger partial charge in [-0.25, -0.2) is 0 Å². The van der Waals surface area contributed by atoms with Crippen LogP contribution in [-0.4, -0.2) is 52.5 Å². The van der Waals surface area contributed by atoms with Crippen LogP contribution in [0, 0.1) is 35.0 Å². The molecule has 0 amide bonds. The normalized spacial score (nSPS) is 53.5. The van der Waals surface area contributed by atoms with E-state index in [0.717, 1.165) is 31.1 Å². The third kappa shape index (κ3) is 3.44. The summed E-state index contributed by atoms with van der Waals surface area (Å²) < 4.78 is 17.9. The number of carbonyl (C=O) groups excluding carboxylic acids is 1. The summed E-state index contributed by atoms with van der Waals surface area (Å²) in [5.41, 5.74) is 0.0169. The van der Waals surface area contributed by atoms with Gasteiger partial charge in [0, 0.05) is 6.92 Å². The Kier molecular flexibility index (Phi) is 5.33. The van der Waals surface area contributed by atoms with Crippen molar-refractivity contribution in [3.05, 3.63) is 0 Å². The van der Waals surface area contributed by atoms with Gasteiger partial charge in [-0.2, -0.15) is 0 Å². The largest absolute Gasteiger partial charge is 0.454 e. The molecule has 0 aromatic carbocycles. The summed E-state index contributed by atoms with van der Waals surface area (Å²) in [5, 5.41) is 20.8. The standard InChI is InChI=1S/C23H38O6/c1-11-7-8-14-16(11)17-15(22(17,4)5)9-10-23(14,6)29-21-20(28-13(3)24)19(26)18(25)12(2)27-21/h11-12,14-21,25-26H,7-10H2,1-6H3/t11-,12-,14?,15?,16?,17?,18+,19+,20-,21+,23-/m1/s1. The van der Waals surface area contributed by atoms with Gasteiger partial charge in [0.25, 0.3) is 0 Å². The predicted molar refractivity (Wildman–Crippen MR) is 107 cm³/mol. The summed E-state index contributed by atoms with van der Waals surface area (Å²) in [4.78, 5) is 11.6. The number of hydrogen-bond donors (Lipinski definition) is 2. The molecule has 4 fully saturated rings. The minimum atomic E-state index is -1.23. The van der Waals surface area contributed by atoms with Crippen molar-refractivity contribution in [3.63, 3.8) is 0 Å². The van der Waals surface area contributed by atoms with Crippen LogP contribution in [0.2, 0.25) is 0 Å². The van der Waals surface area contributed by atoms with Crippen LogP contribution in [0.25, 0.3) is 0 Å². The molecular formula is C23H38O6. The first-order chi connectivity index (χ1) is 13.5. The third-order valence-electron chi connectivity index (χ3n) is 8.82. The Morgan fingerprint density at radius 2 is 1.72 bits per heavy atom. The number of carbonyl (C=O) groups is 1. The van der Waals surface area contributed by atoms with E-state index in [9.17, 15) is 15.0 Å². The first-order valence-corrected chi connectivity index (χ1v) is 11.3. The van der Waals surface area contributed by atoms with Gasteiger partial charge in [-0.1, -0.05) is 27.2 Å². The lowest BCUT2D eigenvalue weighted by atomic mass is 9.74. The first kappa shape index (κ1) is 21.5. The second-order valence-corrected chi connectivity index (χ2v) is 10.9. The molecular weight excluding hydrogens is 372 g/mol. The van der Waals surface area contributed by atoms with E-state index in [-0.39, 0.29) is 0 Å². The lowest BCUT2D eigenvalue weighted by Gasteiger charge is -2.47. The maximum atomic E-state index is 11.6. The minimum absolute atomic E-state index is 0.399. The number of hydrogen-bond acceptors (Lipinski definition) is 6. The molecule has 3 aliphatic carbocycles. The lowest BCUT2D eigenvalue weighted by molar-refractivity contribution is -0.328. The number of esters is 1. The molecule has 4 rings (SSSR count). The molecule has 0 aromatic rings. The van der Waals surface area contributed by atoms with Gasteiger partial charge in [-0.3, -0.25) is 4.79 Å². The monoisotopic (exact) mass is 410 g/mol. The second kappa shape index (κ2) is 7.18. The molecule has 3 saturated carbocycles. The Balaban J connectivity index is 1.59. The van der Waals surface area contributed by atoms with Gasteiger partial charge in [0.2, 0.25) is 0 Å². The topological polar surface area (TPSA) is 85.2 Å². The predicted octanol–water partition coefficient (Wildman–Crippen LogP) is 2.89. The van der Waals surface area contributed by atoms with E-state index in [1.165, 1.54) is 13.3 Å². The molecule has 2 N–H and O–H groups in total. The van der Waals surface area contributed by atoms with E-state index in [4.69, 9.17) is 14.2 Å². The van der Waals surface area contributed by atoms with Crippen molar-refractivity contribution in [1.29, 1.82) is 0 Å². The zero-order chi connectivity index (χ0) is 21.3. The fourth-order valence-corrected chi connectivity index (χ4v) is 7.10. The van der Waals surface area contributed by atoms with Gasteiger partial charge in [0.1, 0.15) is 12.2 Å². The van der Waals surface area contributed by atoms with E-state index in [1.807, 2.05) is 0 Å². The highest BCUT2D eigenvalue weighted by molar-refractivity contribution is 5.66. The van der Waals surface area contributed by atoms with Gasteiger partial charge in [-0.05, 0) is 68.1 Å². The number of fused-ring (bicyclic) bond motifs is 3. The molecule has 6 nitrogen and oxygen atoms in total. The Morgan fingerprint density at radius 3 is 2.38 bits per heavy atom. The summed E-state index contributed by atoms with van der Waals surface area (Å²) in [7, 11) is 0. The first-order valence-electron chi connectivity index (χ1n) is 11.3. The Morgan fingerprint density at radius 1 is 1.03 bits per heavy atom. The third-order valence-corrected chi connectivity index (χ3v) is 8.82. The molecule has 1 saturated heterocycles. The van der Waals surface area contributed by atoms with Crippen LogP contribution in [0.15, 0.2) is 0 Å². The van der Waals surface area contributed by atoms with Crippen LogP contribution >= 0.6 is 0 Å². The molecule has 1 aliphatic heterocycles. The van der Waals surface area contributed by atoms with Gasteiger partial charge in [0.15, 0.2) is 12.4 Å². The van der Waals surface area contributed by atoms with Crippen LogP contribution in [0.5, 0.6) is 0 Å². The SMILES string of the molecule is CC(=O)O[C@H]1[C@H](O[C@]2(C)CCC3C(C4C2CC[C@H]4C)C3(C)C)O[C@H](C)[C@H](O)[C@@H]1O. The number of ether oxygens (including phenoxy) is 3. The van der Waals surface area contributed by atoms with Gasteiger partial charge in [-0.15, -0.1) is 0 Å². The van der Waals surface area contributed by atoms with Gasteiger partial charge in [0.05, 0.1) is 11.7 Å². The molecule has 0 radical (unpaired) electrons. The maximum Gasteiger partial charge on any atom is 0.303 e. The summed E-state index contributed by atoms with van der Waals surface area (Å²) in [6.45, 7) is 12.4. The molecule has 0 spiro atoms. The highest BCUT2D eigenvalue weighted by atomic mass is 16.7. The van der Waals surface area contributed by atoms with Crippen molar-refractivity contribution >= 4 is 5.97 Å². The zero-order valence-electron chi connectivity index (χ0n) is 18.6. The van der Waals surface area contributed by atoms with Gasteiger partial charge < -0.3 is 24.4 Å². The highest BCUT2D eigenvalue weighted by Crippen LogP contribution is 2.71. The lowest BCUT2D eigenvalue weighted by Crippen LogP contribution is -2.61. The summed E-state index contributed by atoms with van der Waals surface area (Å²) in [6, 6.07) is 0. The van der Waals surface area contributed by atoms with Crippen molar-refractivity contribution in [2.24, 2.45) is 35.0 Å². The van der Waals surface area contributed by atoms with Crippen LogP contribution in [0.4, 0.5) is 0 Å². The van der Waals surface area contributed by atoms with E-state index in [2.05, 4.69) is 27.7 Å². The number of aliphatic hydroxyl groups is 2. The number of aliphatic hydroxyl groups excluding tert-OH is 2. The molecule has 4 unspecified atom stereocenters. The van der Waals surface area contributed by atoms with Crippen LogP contribution in [0.3, 0.4) is 0 Å². The molecule has 1 heterocycles. The molecule has 166 valence electrons. The Labute approximate surface area is 174 Å². The zero-order valence-corrected chi connectivity index (χ0v) is 18.6. The Hall–Kier alpha value is -0.690. The Bertz CT molecular complexity index is 649. The van der Waals surface area contributed by atoms with E-state index < -0.39 is 42.3 Å². The summed E-state index contributed by atoms with van der Waals surface area (Å²) in [5.74, 6) is 2.70. The van der Waals surface area contributed by atoms with E-state index >= 15 is 0 Å². The number of rotatable bonds is 3. The quantitative estimate of drug-likeness (QED) is 0.696. The van der Waals surface area contributed by atoms with Crippen molar-refractivity contribution in [3.8, 4) is 0 Å². The second-order valence-electron chi connectivity index (χ2n) is 10.9. The molecule has 6 heteroatoms. The van der Waals surface area contributed by atoms with E-state index in [0.29, 0.717) is 23.2 Å². The van der Waals surface area contributed by atoms with E-state index in [1.54, 1.807) is 6.92 Å². The van der Waals surface area contributed by atoms with Crippen LogP contribution in [-0.2, 0) is 19.0 Å². The molecule has 0 aromatic heterocycles. The van der Waals surface area contributed by atoms with Crippen molar-refractivity contribution in [1.82, 2.24) is 0 Å². The van der Waals surface area contributed by atoms with Crippen LogP contribution in [0.1, 0.15) is 67.2 Å². The fourth-order valence-electron chi connectivity index (χ4n) is 7.10. The summed E-state index contributed by atoms with van der Waals surface area (Å²) in [6.07, 6.45) is -0.441. The maximum absolute atomic E-state index is 11.6. The molecule has 0 bridgehead atoms. The molecule has 11 atom stereocenters. The smallest absolute Gasteiger partial charge is 0.303 e. The van der Waals surface area contributed by atoms with Gasteiger partial charge >= 0.3 is 5.97 Å². The molecule has 4 aliphatic rings. The average Bonchev–Trinajstić information content (AvgIpc) is 3.00. The average molecular weight is 411 g/mol. The summed E-state index contributed by atoms with van der Waals surface area (Å²) >= 11 is 0. The van der Waals surface area contributed by atoms with Crippen LogP contribution < -0.4 is 0 Å². The minimum Gasteiger partial charge on any atom is -0.454 e. The highest BCUT2D eigenvalue weighted by Gasteiger charge is 2.67.